The maximum Gasteiger partial charge on any atom is 0.261 e. The molecule has 1 atom stereocenters. The number of hydrogen-bond acceptors (Lipinski definition) is 5. The van der Waals surface area contributed by atoms with Gasteiger partial charge in [-0.05, 0) is 25.0 Å². The van der Waals surface area contributed by atoms with Gasteiger partial charge in [-0.3, -0.25) is 9.59 Å². The van der Waals surface area contributed by atoms with Crippen LogP contribution in [-0.4, -0.2) is 44.3 Å². The maximum absolute atomic E-state index is 11.9. The molecule has 0 aliphatic carbocycles. The summed E-state index contributed by atoms with van der Waals surface area (Å²) in [6.07, 6.45) is 1.51. The van der Waals surface area contributed by atoms with Crippen molar-refractivity contribution < 1.29 is 18.0 Å². The van der Waals surface area contributed by atoms with Gasteiger partial charge in [0.15, 0.2) is 9.84 Å². The van der Waals surface area contributed by atoms with E-state index < -0.39 is 9.84 Å². The van der Waals surface area contributed by atoms with Gasteiger partial charge in [0.25, 0.3) is 5.91 Å². The van der Waals surface area contributed by atoms with E-state index in [4.69, 9.17) is 0 Å². The van der Waals surface area contributed by atoms with Crippen LogP contribution in [0, 0.1) is 0 Å². The Hall–Kier alpha value is -1.41. The number of rotatable bonds is 6. The van der Waals surface area contributed by atoms with E-state index in [2.05, 4.69) is 10.6 Å². The second kappa shape index (κ2) is 7.23. The van der Waals surface area contributed by atoms with E-state index in [1.807, 2.05) is 13.0 Å². The molecule has 122 valence electrons. The van der Waals surface area contributed by atoms with E-state index in [1.54, 1.807) is 6.07 Å². The second-order valence-corrected chi connectivity index (χ2v) is 8.69. The van der Waals surface area contributed by atoms with Crippen molar-refractivity contribution in [2.24, 2.45) is 0 Å². The molecule has 0 saturated carbocycles. The van der Waals surface area contributed by atoms with E-state index >= 15 is 0 Å². The lowest BCUT2D eigenvalue weighted by molar-refractivity contribution is -0.121. The molecule has 0 bridgehead atoms. The van der Waals surface area contributed by atoms with Gasteiger partial charge in [-0.2, -0.15) is 0 Å². The Morgan fingerprint density at radius 2 is 2.14 bits per heavy atom. The Morgan fingerprint density at radius 3 is 2.73 bits per heavy atom. The third-order valence-corrected chi connectivity index (χ3v) is 6.47. The van der Waals surface area contributed by atoms with Gasteiger partial charge in [0.1, 0.15) is 0 Å². The van der Waals surface area contributed by atoms with Crippen molar-refractivity contribution in [2.75, 3.05) is 18.1 Å². The highest BCUT2D eigenvalue weighted by molar-refractivity contribution is 7.91. The smallest absolute Gasteiger partial charge is 0.261 e. The van der Waals surface area contributed by atoms with Crippen molar-refractivity contribution in [2.45, 2.75) is 32.2 Å². The molecule has 8 heteroatoms. The average Bonchev–Trinajstić information content (AvgIpc) is 3.05. The van der Waals surface area contributed by atoms with Crippen LogP contribution in [0.25, 0.3) is 0 Å². The van der Waals surface area contributed by atoms with Crippen LogP contribution in [0.15, 0.2) is 12.1 Å². The Balaban J connectivity index is 1.69. The van der Waals surface area contributed by atoms with Crippen molar-refractivity contribution >= 4 is 33.0 Å². The lowest BCUT2D eigenvalue weighted by Gasteiger charge is -2.10. The van der Waals surface area contributed by atoms with Crippen LogP contribution in [0.5, 0.6) is 0 Å². The van der Waals surface area contributed by atoms with E-state index in [1.165, 1.54) is 11.3 Å². The zero-order valence-electron chi connectivity index (χ0n) is 12.4. The number of carbonyl (C=O) groups is 2. The zero-order valence-corrected chi connectivity index (χ0v) is 14.1. The Morgan fingerprint density at radius 1 is 1.36 bits per heavy atom. The highest BCUT2D eigenvalue weighted by atomic mass is 32.2. The minimum atomic E-state index is -2.99. The molecule has 2 amide bonds. The molecule has 1 aromatic rings. The van der Waals surface area contributed by atoms with Crippen LogP contribution in [0.1, 0.15) is 34.3 Å². The van der Waals surface area contributed by atoms with E-state index in [0.717, 1.165) is 11.3 Å². The summed E-state index contributed by atoms with van der Waals surface area (Å²) in [6.45, 7) is 2.27. The summed E-state index contributed by atoms with van der Waals surface area (Å²) < 4.78 is 22.6. The minimum Gasteiger partial charge on any atom is -0.352 e. The molecule has 1 aliphatic rings. The highest BCUT2D eigenvalue weighted by Crippen LogP contribution is 2.16. The van der Waals surface area contributed by atoms with Crippen LogP contribution in [0.3, 0.4) is 0 Å². The number of carbonyl (C=O) groups excluding carboxylic acids is 2. The zero-order chi connectivity index (χ0) is 16.2. The number of amides is 2. The maximum atomic E-state index is 11.9. The largest absolute Gasteiger partial charge is 0.352 e. The normalized spacial score (nSPS) is 19.8. The number of hydrogen-bond donors (Lipinski definition) is 2. The molecule has 1 saturated heterocycles. The fraction of sp³-hybridized carbons (Fsp3) is 0.571. The third kappa shape index (κ3) is 4.81. The summed E-state index contributed by atoms with van der Waals surface area (Å²) in [4.78, 5) is 25.4. The molecule has 1 aliphatic heterocycles. The van der Waals surface area contributed by atoms with Crippen molar-refractivity contribution in [1.29, 1.82) is 0 Å². The molecule has 1 aromatic heterocycles. The van der Waals surface area contributed by atoms with Crippen LogP contribution >= 0.6 is 11.3 Å². The SMILES string of the molecule is CCc1ccc(C(=O)NCCC(=O)N[C@H]2CCS(=O)(=O)C2)s1. The van der Waals surface area contributed by atoms with Gasteiger partial charge in [-0.15, -0.1) is 11.3 Å². The van der Waals surface area contributed by atoms with Crippen molar-refractivity contribution in [1.82, 2.24) is 10.6 Å². The van der Waals surface area contributed by atoms with Gasteiger partial charge < -0.3 is 10.6 Å². The molecule has 1 fully saturated rings. The lowest BCUT2D eigenvalue weighted by Crippen LogP contribution is -2.37. The second-order valence-electron chi connectivity index (χ2n) is 5.29. The Bertz CT molecular complexity index is 652. The predicted molar refractivity (Wildman–Crippen MR) is 85.8 cm³/mol. The predicted octanol–water partition coefficient (Wildman–Crippen LogP) is 0.734. The number of sulfone groups is 1. The molecule has 0 unspecified atom stereocenters. The Kier molecular flexibility index (Phi) is 5.57. The quantitative estimate of drug-likeness (QED) is 0.796. The standard InChI is InChI=1S/C14H20N2O4S2/c1-2-11-3-4-12(21-11)14(18)15-7-5-13(17)16-10-6-8-22(19,20)9-10/h3-4,10H,2,5-9H2,1H3,(H,15,18)(H,16,17)/t10-/m0/s1. The monoisotopic (exact) mass is 344 g/mol. The van der Waals surface area contributed by atoms with Gasteiger partial charge in [0.2, 0.25) is 5.91 Å². The van der Waals surface area contributed by atoms with Gasteiger partial charge in [0, 0.05) is 23.9 Å². The first kappa shape index (κ1) is 17.0. The Labute approximate surface area is 134 Å². The van der Waals surface area contributed by atoms with Gasteiger partial charge >= 0.3 is 0 Å². The highest BCUT2D eigenvalue weighted by Gasteiger charge is 2.28. The third-order valence-electron chi connectivity index (χ3n) is 3.47. The summed E-state index contributed by atoms with van der Waals surface area (Å²) >= 11 is 1.45. The van der Waals surface area contributed by atoms with E-state index in [0.29, 0.717) is 11.3 Å². The molecular weight excluding hydrogens is 324 g/mol. The number of thiophene rings is 1. The lowest BCUT2D eigenvalue weighted by atomic mass is 10.2. The van der Waals surface area contributed by atoms with Crippen LogP contribution in [-0.2, 0) is 21.1 Å². The van der Waals surface area contributed by atoms with Crippen LogP contribution < -0.4 is 10.6 Å². The average molecular weight is 344 g/mol. The van der Waals surface area contributed by atoms with E-state index in [9.17, 15) is 18.0 Å². The van der Waals surface area contributed by atoms with Crippen molar-refractivity contribution in [3.05, 3.63) is 21.9 Å². The van der Waals surface area contributed by atoms with Gasteiger partial charge in [0.05, 0.1) is 16.4 Å². The summed E-state index contributed by atoms with van der Waals surface area (Å²) in [5.74, 6) is -0.267. The molecule has 0 radical (unpaired) electrons. The van der Waals surface area contributed by atoms with Gasteiger partial charge in [-0.25, -0.2) is 8.42 Å². The molecule has 2 heterocycles. The fourth-order valence-corrected chi connectivity index (χ4v) is 4.81. The first-order chi connectivity index (χ1) is 10.4. The topological polar surface area (TPSA) is 92.3 Å². The first-order valence-electron chi connectivity index (χ1n) is 7.26. The molecule has 2 rings (SSSR count). The molecular formula is C14H20N2O4S2. The van der Waals surface area contributed by atoms with Crippen molar-refractivity contribution in [3.8, 4) is 0 Å². The molecule has 6 nitrogen and oxygen atoms in total. The minimum absolute atomic E-state index is 0.0140. The summed E-state index contributed by atoms with van der Waals surface area (Å²) in [6, 6.07) is 3.41. The summed E-state index contributed by atoms with van der Waals surface area (Å²) in [7, 11) is -2.99. The molecule has 0 spiro atoms. The number of aryl methyl sites for hydroxylation is 1. The van der Waals surface area contributed by atoms with Crippen LogP contribution in [0.2, 0.25) is 0 Å². The first-order valence-corrected chi connectivity index (χ1v) is 9.90. The molecule has 22 heavy (non-hydrogen) atoms. The fourth-order valence-electron chi connectivity index (χ4n) is 2.28. The van der Waals surface area contributed by atoms with Crippen LogP contribution in [0.4, 0.5) is 0 Å². The summed E-state index contributed by atoms with van der Waals surface area (Å²) in [5.41, 5.74) is 0. The summed E-state index contributed by atoms with van der Waals surface area (Å²) in [5, 5.41) is 5.40. The van der Waals surface area contributed by atoms with Gasteiger partial charge in [-0.1, -0.05) is 6.92 Å². The van der Waals surface area contributed by atoms with Crippen molar-refractivity contribution in [3.63, 3.8) is 0 Å². The molecule has 0 aromatic carbocycles. The van der Waals surface area contributed by atoms with E-state index in [-0.39, 0.29) is 42.3 Å². The number of nitrogens with one attached hydrogen (secondary N) is 2. The molecule has 2 N–H and O–H groups in total.